The lowest BCUT2D eigenvalue weighted by molar-refractivity contribution is 0.183. The van der Waals surface area contributed by atoms with Gasteiger partial charge in [-0.25, -0.2) is 0 Å². The Bertz CT molecular complexity index is 349. The standard InChI is InChI=1S/C12H15Cl2N/c13-11-4-1-8(6-12(11)14)5-9-2-3-10(9)7-15/h1,4,6,9-10H,2-3,5,7,15H2. The molecule has 0 aromatic heterocycles. The Morgan fingerprint density at radius 2 is 1.87 bits per heavy atom. The molecule has 1 aliphatic rings. The number of halogens is 2. The van der Waals surface area contributed by atoms with E-state index in [9.17, 15) is 0 Å². The van der Waals surface area contributed by atoms with Crippen LogP contribution in [-0.2, 0) is 6.42 Å². The van der Waals surface area contributed by atoms with Gasteiger partial charge in [0.2, 0.25) is 0 Å². The van der Waals surface area contributed by atoms with E-state index in [1.807, 2.05) is 12.1 Å². The first-order chi connectivity index (χ1) is 7.20. The molecule has 0 aliphatic heterocycles. The summed E-state index contributed by atoms with van der Waals surface area (Å²) in [6.07, 6.45) is 3.66. The molecule has 0 amide bonds. The van der Waals surface area contributed by atoms with Crippen LogP contribution in [0.2, 0.25) is 10.0 Å². The minimum atomic E-state index is 0.629. The second-order valence-electron chi connectivity index (χ2n) is 4.29. The van der Waals surface area contributed by atoms with Gasteiger partial charge >= 0.3 is 0 Å². The zero-order chi connectivity index (χ0) is 10.8. The summed E-state index contributed by atoms with van der Waals surface area (Å²) in [7, 11) is 0. The first kappa shape index (κ1) is 11.3. The molecule has 1 aromatic rings. The molecular formula is C12H15Cl2N. The van der Waals surface area contributed by atoms with Gasteiger partial charge in [-0.05, 0) is 55.3 Å². The topological polar surface area (TPSA) is 26.0 Å². The maximum Gasteiger partial charge on any atom is 0.0595 e. The lowest BCUT2D eigenvalue weighted by Crippen LogP contribution is -2.33. The van der Waals surface area contributed by atoms with Gasteiger partial charge in [0.25, 0.3) is 0 Å². The van der Waals surface area contributed by atoms with Crippen molar-refractivity contribution >= 4 is 23.2 Å². The van der Waals surface area contributed by atoms with E-state index in [2.05, 4.69) is 6.07 Å². The smallest absolute Gasteiger partial charge is 0.0595 e. The Balaban J connectivity index is 2.02. The van der Waals surface area contributed by atoms with E-state index in [4.69, 9.17) is 28.9 Å². The van der Waals surface area contributed by atoms with Crippen molar-refractivity contribution in [3.05, 3.63) is 33.8 Å². The van der Waals surface area contributed by atoms with Gasteiger partial charge in [0, 0.05) is 0 Å². The molecule has 82 valence electrons. The maximum atomic E-state index is 5.97. The number of nitrogens with two attached hydrogens (primary N) is 1. The third-order valence-electron chi connectivity index (χ3n) is 3.36. The molecule has 2 atom stereocenters. The summed E-state index contributed by atoms with van der Waals surface area (Å²) < 4.78 is 0. The highest BCUT2D eigenvalue weighted by Crippen LogP contribution is 2.36. The molecular weight excluding hydrogens is 229 g/mol. The van der Waals surface area contributed by atoms with Gasteiger partial charge in [0.1, 0.15) is 0 Å². The zero-order valence-corrected chi connectivity index (χ0v) is 10.1. The van der Waals surface area contributed by atoms with E-state index in [0.29, 0.717) is 16.0 Å². The molecule has 15 heavy (non-hydrogen) atoms. The quantitative estimate of drug-likeness (QED) is 0.864. The molecule has 1 nitrogen and oxygen atoms in total. The van der Waals surface area contributed by atoms with Crippen LogP contribution >= 0.6 is 23.2 Å². The van der Waals surface area contributed by atoms with Crippen molar-refractivity contribution < 1.29 is 0 Å². The largest absolute Gasteiger partial charge is 0.330 e. The molecule has 0 saturated heterocycles. The highest BCUT2D eigenvalue weighted by atomic mass is 35.5. The maximum absolute atomic E-state index is 5.97. The van der Waals surface area contributed by atoms with E-state index in [0.717, 1.165) is 18.9 Å². The van der Waals surface area contributed by atoms with Crippen molar-refractivity contribution in [2.24, 2.45) is 17.6 Å². The lowest BCUT2D eigenvalue weighted by Gasteiger charge is -2.36. The highest BCUT2D eigenvalue weighted by Gasteiger charge is 2.29. The van der Waals surface area contributed by atoms with Crippen molar-refractivity contribution in [2.75, 3.05) is 6.54 Å². The third kappa shape index (κ3) is 2.47. The van der Waals surface area contributed by atoms with Crippen LogP contribution in [0.15, 0.2) is 18.2 Å². The summed E-state index contributed by atoms with van der Waals surface area (Å²) in [4.78, 5) is 0. The average Bonchev–Trinajstić information content (AvgIpc) is 2.19. The van der Waals surface area contributed by atoms with Crippen LogP contribution in [-0.4, -0.2) is 6.54 Å². The number of hydrogen-bond acceptors (Lipinski definition) is 1. The second-order valence-corrected chi connectivity index (χ2v) is 5.10. The highest BCUT2D eigenvalue weighted by molar-refractivity contribution is 6.42. The summed E-state index contributed by atoms with van der Waals surface area (Å²) in [6.45, 7) is 0.811. The van der Waals surface area contributed by atoms with Crippen LogP contribution in [0.5, 0.6) is 0 Å². The first-order valence-corrected chi connectivity index (χ1v) is 6.10. The zero-order valence-electron chi connectivity index (χ0n) is 8.55. The van der Waals surface area contributed by atoms with E-state index in [1.54, 1.807) is 0 Å². The molecule has 0 heterocycles. The third-order valence-corrected chi connectivity index (χ3v) is 4.10. The van der Waals surface area contributed by atoms with E-state index < -0.39 is 0 Å². The van der Waals surface area contributed by atoms with Crippen LogP contribution in [0.3, 0.4) is 0 Å². The van der Waals surface area contributed by atoms with Crippen molar-refractivity contribution in [1.82, 2.24) is 0 Å². The SMILES string of the molecule is NCC1CCC1Cc1ccc(Cl)c(Cl)c1. The van der Waals surface area contributed by atoms with Crippen LogP contribution in [0, 0.1) is 11.8 Å². The van der Waals surface area contributed by atoms with Gasteiger partial charge in [0.15, 0.2) is 0 Å². The lowest BCUT2D eigenvalue weighted by atomic mass is 9.71. The number of rotatable bonds is 3. The molecule has 2 N–H and O–H groups in total. The first-order valence-electron chi connectivity index (χ1n) is 5.34. The molecule has 0 spiro atoms. The summed E-state index contributed by atoms with van der Waals surface area (Å²) in [5.41, 5.74) is 6.96. The van der Waals surface area contributed by atoms with Gasteiger partial charge in [-0.2, -0.15) is 0 Å². The molecule has 0 radical (unpaired) electrons. The van der Waals surface area contributed by atoms with Crippen LogP contribution in [0.25, 0.3) is 0 Å². The van der Waals surface area contributed by atoms with Gasteiger partial charge < -0.3 is 5.73 Å². The van der Waals surface area contributed by atoms with Crippen LogP contribution in [0.4, 0.5) is 0 Å². The fourth-order valence-corrected chi connectivity index (χ4v) is 2.51. The van der Waals surface area contributed by atoms with Gasteiger partial charge in [0.05, 0.1) is 10.0 Å². The number of hydrogen-bond donors (Lipinski definition) is 1. The summed E-state index contributed by atoms with van der Waals surface area (Å²) >= 11 is 11.8. The van der Waals surface area contributed by atoms with Gasteiger partial charge in [-0.1, -0.05) is 29.3 Å². The van der Waals surface area contributed by atoms with Gasteiger partial charge in [-0.15, -0.1) is 0 Å². The fraction of sp³-hybridized carbons (Fsp3) is 0.500. The minimum Gasteiger partial charge on any atom is -0.330 e. The summed E-state index contributed by atoms with van der Waals surface area (Å²) in [5.74, 6) is 1.45. The van der Waals surface area contributed by atoms with E-state index in [-0.39, 0.29) is 0 Å². The molecule has 1 aliphatic carbocycles. The molecule has 2 unspecified atom stereocenters. The normalized spacial score (nSPS) is 25.0. The Kier molecular flexibility index (Phi) is 3.55. The molecule has 1 aromatic carbocycles. The Morgan fingerprint density at radius 3 is 2.40 bits per heavy atom. The van der Waals surface area contributed by atoms with Crippen LogP contribution < -0.4 is 5.73 Å². The number of benzene rings is 1. The fourth-order valence-electron chi connectivity index (χ4n) is 2.19. The molecule has 2 rings (SSSR count). The monoisotopic (exact) mass is 243 g/mol. The van der Waals surface area contributed by atoms with Gasteiger partial charge in [-0.3, -0.25) is 0 Å². The molecule has 3 heteroatoms. The predicted molar refractivity (Wildman–Crippen MR) is 65.4 cm³/mol. The Labute approximate surface area is 101 Å². The van der Waals surface area contributed by atoms with Crippen molar-refractivity contribution in [3.63, 3.8) is 0 Å². The molecule has 1 saturated carbocycles. The van der Waals surface area contributed by atoms with E-state index >= 15 is 0 Å². The molecule has 1 fully saturated rings. The second kappa shape index (κ2) is 4.73. The minimum absolute atomic E-state index is 0.629. The van der Waals surface area contributed by atoms with Crippen LogP contribution in [0.1, 0.15) is 18.4 Å². The average molecular weight is 244 g/mol. The predicted octanol–water partition coefficient (Wildman–Crippen LogP) is 3.52. The summed E-state index contributed by atoms with van der Waals surface area (Å²) in [6, 6.07) is 5.89. The van der Waals surface area contributed by atoms with E-state index in [1.165, 1.54) is 18.4 Å². The van der Waals surface area contributed by atoms with Crippen molar-refractivity contribution in [3.8, 4) is 0 Å². The summed E-state index contributed by atoms with van der Waals surface area (Å²) in [5, 5.41) is 1.28. The Hall–Kier alpha value is -0.240. The Morgan fingerprint density at radius 1 is 1.13 bits per heavy atom. The van der Waals surface area contributed by atoms with Crippen molar-refractivity contribution in [1.29, 1.82) is 0 Å². The molecule has 0 bridgehead atoms. The van der Waals surface area contributed by atoms with Crippen molar-refractivity contribution in [2.45, 2.75) is 19.3 Å².